The lowest BCUT2D eigenvalue weighted by molar-refractivity contribution is -0.148. The number of anilines is 2. The number of fused-ring (bicyclic) bond motifs is 1. The van der Waals surface area contributed by atoms with Crippen LogP contribution < -0.4 is 27.2 Å². The van der Waals surface area contributed by atoms with Gasteiger partial charge in [0.15, 0.2) is 11.2 Å². The topological polar surface area (TPSA) is 334 Å². The monoisotopic (exact) mass is 670 g/mol. The molecule has 10 N–H and O–H groups in total. The zero-order valence-corrected chi connectivity index (χ0v) is 24.8. The maximum atomic E-state index is 12.7. The van der Waals surface area contributed by atoms with Gasteiger partial charge in [0.25, 0.3) is 11.5 Å². The molecule has 3 atom stereocenters. The van der Waals surface area contributed by atoms with Gasteiger partial charge in [0.1, 0.15) is 17.9 Å². The van der Waals surface area contributed by atoms with Crippen molar-refractivity contribution in [3.8, 4) is 0 Å². The summed E-state index contributed by atoms with van der Waals surface area (Å²) in [6, 6.07) is 2.43. The molecule has 20 nitrogen and oxygen atoms in total. The molecule has 0 radical (unpaired) electrons. The van der Waals surface area contributed by atoms with E-state index in [-0.39, 0.29) is 29.2 Å². The highest BCUT2D eigenvalue weighted by Gasteiger charge is 2.30. The van der Waals surface area contributed by atoms with E-state index in [4.69, 9.17) is 21.1 Å². The number of aromatic nitrogens is 4. The number of carboxylic acid groups (broad SMARTS) is 4. The number of carbonyl (C=O) groups excluding carboxylic acids is 3. The number of nitrogens with zero attached hydrogens (tertiary/aromatic N) is 3. The lowest BCUT2D eigenvalue weighted by Crippen LogP contribution is -2.45. The Labute approximate surface area is 268 Å². The van der Waals surface area contributed by atoms with Crippen molar-refractivity contribution in [2.45, 2.75) is 50.7 Å². The second-order valence-electron chi connectivity index (χ2n) is 10.4. The van der Waals surface area contributed by atoms with Gasteiger partial charge in [-0.1, -0.05) is 0 Å². The fourth-order valence-electron chi connectivity index (χ4n) is 4.30. The molecule has 2 aromatic heterocycles. The SMILES string of the molecule is Nc1nc2ncc(CNc3ccc(C(=O)N[C@H](CCC(=O)C[C@H](CC(=O)O)C(=O)N[C@H](CC(=O)O)C(=O)O)C(=O)O)cc3)nc2c(=O)[nH]1. The molecule has 1 aromatic carbocycles. The van der Waals surface area contributed by atoms with Crippen molar-refractivity contribution in [1.29, 1.82) is 0 Å². The summed E-state index contributed by atoms with van der Waals surface area (Å²) < 4.78 is 0. The first-order valence-corrected chi connectivity index (χ1v) is 14.0. The van der Waals surface area contributed by atoms with Crippen LogP contribution in [0, 0.1) is 5.92 Å². The fraction of sp³-hybridized carbons (Fsp3) is 0.321. The van der Waals surface area contributed by atoms with Gasteiger partial charge in [-0.25, -0.2) is 19.6 Å². The molecule has 0 aliphatic rings. The Morgan fingerprint density at radius 1 is 0.833 bits per heavy atom. The predicted octanol–water partition coefficient (Wildman–Crippen LogP) is -1.04. The van der Waals surface area contributed by atoms with Crippen LogP contribution in [0.2, 0.25) is 0 Å². The standard InChI is InChI=1S/C28H30N8O12/c29-28-35-22-21(25(44)36-28)32-15(11-31-22)10-30-14-3-1-12(2-4-14)23(42)33-17(26(45)46)6-5-16(37)7-13(8-19(38)39)24(43)34-18(27(47)48)9-20(40)41/h1-4,11,13,17-18,30H,5-10H2,(H,33,42)(H,34,43)(H,38,39)(H,40,41)(H,45,46)(H,47,48)(H3,29,31,35,36,44)/t13-,17-,18-/m1/s1. The Kier molecular flexibility index (Phi) is 12.1. The number of nitrogens with one attached hydrogen (secondary N) is 4. The van der Waals surface area contributed by atoms with Crippen LogP contribution in [0.4, 0.5) is 11.6 Å². The Morgan fingerprint density at radius 3 is 2.08 bits per heavy atom. The van der Waals surface area contributed by atoms with Crippen LogP contribution in [0.25, 0.3) is 11.2 Å². The minimum atomic E-state index is -1.87. The Hall–Kier alpha value is -6.47. The third-order valence-corrected chi connectivity index (χ3v) is 6.68. The maximum absolute atomic E-state index is 12.7. The summed E-state index contributed by atoms with van der Waals surface area (Å²) in [5.41, 5.74) is 6.03. The van der Waals surface area contributed by atoms with Crippen molar-refractivity contribution in [2.24, 2.45) is 5.92 Å². The number of aromatic amines is 1. The molecule has 48 heavy (non-hydrogen) atoms. The molecule has 0 saturated carbocycles. The maximum Gasteiger partial charge on any atom is 0.326 e. The van der Waals surface area contributed by atoms with Crippen LogP contribution in [-0.2, 0) is 35.3 Å². The number of nitrogens with two attached hydrogens (primary N) is 1. The predicted molar refractivity (Wildman–Crippen MR) is 161 cm³/mol. The Morgan fingerprint density at radius 2 is 1.48 bits per heavy atom. The number of nitrogen functional groups attached to an aromatic ring is 1. The van der Waals surface area contributed by atoms with Gasteiger partial charge in [-0.05, 0) is 30.7 Å². The highest BCUT2D eigenvalue weighted by Crippen LogP contribution is 2.15. The molecular formula is C28H30N8O12. The highest BCUT2D eigenvalue weighted by molar-refractivity contribution is 5.97. The molecule has 0 fully saturated rings. The molecular weight excluding hydrogens is 640 g/mol. The molecule has 3 rings (SSSR count). The Balaban J connectivity index is 1.56. The summed E-state index contributed by atoms with van der Waals surface area (Å²) in [4.78, 5) is 110. The second-order valence-corrected chi connectivity index (χ2v) is 10.4. The molecule has 2 heterocycles. The van der Waals surface area contributed by atoms with Crippen molar-refractivity contribution in [2.75, 3.05) is 11.1 Å². The molecule has 3 aromatic rings. The van der Waals surface area contributed by atoms with Crippen LogP contribution in [0.5, 0.6) is 0 Å². The molecule has 0 aliphatic carbocycles. The minimum absolute atomic E-state index is 0.00218. The summed E-state index contributed by atoms with van der Waals surface area (Å²) in [5, 5.41) is 43.9. The fourth-order valence-corrected chi connectivity index (χ4v) is 4.30. The van der Waals surface area contributed by atoms with Crippen molar-refractivity contribution in [3.63, 3.8) is 0 Å². The van der Waals surface area contributed by atoms with Crippen molar-refractivity contribution >= 4 is 64.3 Å². The molecule has 254 valence electrons. The van der Waals surface area contributed by atoms with Crippen LogP contribution in [0.1, 0.15) is 48.2 Å². The number of ketones is 1. The quantitative estimate of drug-likeness (QED) is 0.0780. The largest absolute Gasteiger partial charge is 0.481 e. The number of carbonyl (C=O) groups is 7. The number of aliphatic carboxylic acids is 4. The summed E-state index contributed by atoms with van der Waals surface area (Å²) in [5.74, 6) is -10.6. The van der Waals surface area contributed by atoms with E-state index in [1.807, 2.05) is 5.32 Å². The minimum Gasteiger partial charge on any atom is -0.481 e. The number of amides is 2. The van der Waals surface area contributed by atoms with Crippen molar-refractivity contribution < 1.29 is 54.0 Å². The van der Waals surface area contributed by atoms with Gasteiger partial charge in [0.2, 0.25) is 11.9 Å². The molecule has 0 unspecified atom stereocenters. The third kappa shape index (κ3) is 10.6. The van der Waals surface area contributed by atoms with E-state index >= 15 is 0 Å². The first kappa shape index (κ1) is 36.0. The van der Waals surface area contributed by atoms with Gasteiger partial charge in [-0.2, -0.15) is 4.98 Å². The van der Waals surface area contributed by atoms with Crippen LogP contribution in [-0.4, -0.2) is 93.9 Å². The van der Waals surface area contributed by atoms with Gasteiger partial charge < -0.3 is 42.1 Å². The van der Waals surface area contributed by atoms with E-state index in [0.29, 0.717) is 11.4 Å². The van der Waals surface area contributed by atoms with E-state index < -0.39 is 97.1 Å². The molecule has 0 spiro atoms. The summed E-state index contributed by atoms with van der Waals surface area (Å²) >= 11 is 0. The summed E-state index contributed by atoms with van der Waals surface area (Å²) in [7, 11) is 0. The van der Waals surface area contributed by atoms with E-state index in [9.17, 15) is 43.5 Å². The van der Waals surface area contributed by atoms with Crippen LogP contribution in [0.3, 0.4) is 0 Å². The first-order valence-electron chi connectivity index (χ1n) is 14.0. The summed E-state index contributed by atoms with van der Waals surface area (Å²) in [6.07, 6.45) is -2.10. The van der Waals surface area contributed by atoms with Gasteiger partial charge in [-0.3, -0.25) is 33.8 Å². The lowest BCUT2D eigenvalue weighted by atomic mass is 9.94. The van der Waals surface area contributed by atoms with E-state index in [2.05, 4.69) is 30.6 Å². The number of benzene rings is 1. The van der Waals surface area contributed by atoms with E-state index in [1.165, 1.54) is 30.5 Å². The number of rotatable bonds is 18. The van der Waals surface area contributed by atoms with Gasteiger partial charge in [0.05, 0.1) is 37.2 Å². The van der Waals surface area contributed by atoms with Gasteiger partial charge in [-0.15, -0.1) is 0 Å². The van der Waals surface area contributed by atoms with E-state index in [1.54, 1.807) is 0 Å². The highest BCUT2D eigenvalue weighted by atomic mass is 16.4. The van der Waals surface area contributed by atoms with Crippen molar-refractivity contribution in [3.05, 3.63) is 52.1 Å². The molecule has 0 aliphatic heterocycles. The lowest BCUT2D eigenvalue weighted by Gasteiger charge is -2.19. The van der Waals surface area contributed by atoms with Crippen LogP contribution in [0.15, 0.2) is 35.3 Å². The zero-order chi connectivity index (χ0) is 35.5. The number of Topliss-reactive ketones (excluding diaryl/α,β-unsaturated/α-hetero) is 1. The number of carboxylic acids is 4. The van der Waals surface area contributed by atoms with Crippen LogP contribution >= 0.6 is 0 Å². The average Bonchev–Trinajstić information content (AvgIpc) is 3.00. The molecule has 2 amide bonds. The smallest absolute Gasteiger partial charge is 0.326 e. The number of hydrogen-bond donors (Lipinski definition) is 9. The molecule has 0 saturated heterocycles. The second kappa shape index (κ2) is 16.2. The summed E-state index contributed by atoms with van der Waals surface area (Å²) in [6.45, 7) is 0.144. The third-order valence-electron chi connectivity index (χ3n) is 6.68. The van der Waals surface area contributed by atoms with Gasteiger partial charge >= 0.3 is 23.9 Å². The number of hydrogen-bond acceptors (Lipinski definition) is 13. The average molecular weight is 671 g/mol. The zero-order valence-electron chi connectivity index (χ0n) is 24.8. The normalized spacial score (nSPS) is 12.7. The Bertz CT molecular complexity index is 1790. The van der Waals surface area contributed by atoms with Gasteiger partial charge in [0, 0.05) is 24.1 Å². The first-order chi connectivity index (χ1) is 22.6. The van der Waals surface area contributed by atoms with Crippen molar-refractivity contribution in [1.82, 2.24) is 30.6 Å². The van der Waals surface area contributed by atoms with E-state index in [0.717, 1.165) is 0 Å². The number of H-pyrrole nitrogens is 1. The molecule has 20 heteroatoms. The molecule has 0 bridgehead atoms.